The third-order valence-electron chi connectivity index (χ3n) is 2.98. The Balaban J connectivity index is 3.71. The summed E-state index contributed by atoms with van der Waals surface area (Å²) < 4.78 is 0. The summed E-state index contributed by atoms with van der Waals surface area (Å²) in [4.78, 5) is 0. The molecule has 0 radical (unpaired) electrons. The highest BCUT2D eigenvalue weighted by atomic mass is 16.3. The van der Waals surface area contributed by atoms with Gasteiger partial charge >= 0.3 is 0 Å². The molecule has 0 spiro atoms. The highest BCUT2D eigenvalue weighted by Crippen LogP contribution is 2.23. The normalized spacial score (nSPS) is 13.5. The lowest BCUT2D eigenvalue weighted by Crippen LogP contribution is -2.10. The number of aliphatic hydroxyl groups is 1. The van der Waals surface area contributed by atoms with E-state index >= 15 is 0 Å². The lowest BCUT2D eigenvalue weighted by atomic mass is 9.88. The predicted octanol–water partition coefficient (Wildman–Crippen LogP) is 4.00. The molecule has 0 amide bonds. The number of hydrogen-bond donors (Lipinski definition) is 1. The van der Waals surface area contributed by atoms with Crippen LogP contribution in [0.2, 0.25) is 0 Å². The van der Waals surface area contributed by atoms with Gasteiger partial charge in [-0.05, 0) is 18.3 Å². The zero-order valence-electron chi connectivity index (χ0n) is 10.3. The van der Waals surface area contributed by atoms with Gasteiger partial charge in [-0.3, -0.25) is 0 Å². The fourth-order valence-electron chi connectivity index (χ4n) is 2.01. The molecule has 0 aromatic rings. The van der Waals surface area contributed by atoms with Crippen LogP contribution in [0.1, 0.15) is 65.7 Å². The van der Waals surface area contributed by atoms with Crippen molar-refractivity contribution in [1.82, 2.24) is 0 Å². The SMILES string of the molecule is CCCCC(CCCC)CC(C)CO. The fourth-order valence-corrected chi connectivity index (χ4v) is 2.01. The minimum Gasteiger partial charge on any atom is -0.396 e. The van der Waals surface area contributed by atoms with Gasteiger partial charge < -0.3 is 5.11 Å². The van der Waals surface area contributed by atoms with Gasteiger partial charge in [0.25, 0.3) is 0 Å². The first-order chi connectivity index (χ1) is 6.74. The quantitative estimate of drug-likeness (QED) is 0.596. The van der Waals surface area contributed by atoms with Crippen LogP contribution < -0.4 is 0 Å². The molecule has 0 saturated heterocycles. The number of unbranched alkanes of at least 4 members (excludes halogenated alkanes) is 2. The summed E-state index contributed by atoms with van der Waals surface area (Å²) in [6.07, 6.45) is 9.25. The van der Waals surface area contributed by atoms with Crippen LogP contribution in [-0.4, -0.2) is 11.7 Å². The minimum atomic E-state index is 0.356. The van der Waals surface area contributed by atoms with Crippen LogP contribution >= 0.6 is 0 Å². The topological polar surface area (TPSA) is 20.2 Å². The Hall–Kier alpha value is -0.0400. The van der Waals surface area contributed by atoms with Gasteiger partial charge in [0, 0.05) is 6.61 Å². The second-order valence-electron chi connectivity index (χ2n) is 4.67. The summed E-state index contributed by atoms with van der Waals surface area (Å²) in [6.45, 7) is 7.03. The molecule has 0 aliphatic rings. The Morgan fingerprint density at radius 1 is 1.00 bits per heavy atom. The highest BCUT2D eigenvalue weighted by Gasteiger charge is 2.11. The molecule has 0 fully saturated rings. The Labute approximate surface area is 89.9 Å². The molecule has 0 heterocycles. The van der Waals surface area contributed by atoms with E-state index in [2.05, 4.69) is 20.8 Å². The van der Waals surface area contributed by atoms with E-state index in [1.165, 1.54) is 44.9 Å². The predicted molar refractivity (Wildman–Crippen MR) is 63.4 cm³/mol. The number of rotatable bonds is 9. The van der Waals surface area contributed by atoms with Gasteiger partial charge in [0.05, 0.1) is 0 Å². The molecule has 0 saturated carbocycles. The zero-order valence-corrected chi connectivity index (χ0v) is 10.3. The third-order valence-corrected chi connectivity index (χ3v) is 2.98. The maximum absolute atomic E-state index is 9.03. The molecule has 1 heteroatoms. The van der Waals surface area contributed by atoms with Crippen LogP contribution in [0.5, 0.6) is 0 Å². The molecule has 0 rings (SSSR count). The summed E-state index contributed by atoms with van der Waals surface area (Å²) in [5.41, 5.74) is 0. The van der Waals surface area contributed by atoms with Crippen LogP contribution in [0, 0.1) is 11.8 Å². The Morgan fingerprint density at radius 2 is 1.50 bits per heavy atom. The van der Waals surface area contributed by atoms with Gasteiger partial charge in [-0.15, -0.1) is 0 Å². The molecule has 1 unspecified atom stereocenters. The summed E-state index contributed by atoms with van der Waals surface area (Å²) >= 11 is 0. The summed E-state index contributed by atoms with van der Waals surface area (Å²) in [5.74, 6) is 1.35. The van der Waals surface area contributed by atoms with Crippen LogP contribution in [0.25, 0.3) is 0 Å². The van der Waals surface area contributed by atoms with E-state index in [9.17, 15) is 0 Å². The molecule has 1 N–H and O–H groups in total. The smallest absolute Gasteiger partial charge is 0.0456 e. The van der Waals surface area contributed by atoms with Crippen molar-refractivity contribution in [3.63, 3.8) is 0 Å². The molecule has 0 aliphatic heterocycles. The maximum Gasteiger partial charge on any atom is 0.0456 e. The monoisotopic (exact) mass is 200 g/mol. The van der Waals surface area contributed by atoms with Gasteiger partial charge in [0.15, 0.2) is 0 Å². The van der Waals surface area contributed by atoms with Gasteiger partial charge in [-0.2, -0.15) is 0 Å². The lowest BCUT2D eigenvalue weighted by molar-refractivity contribution is 0.204. The van der Waals surface area contributed by atoms with Crippen LogP contribution in [-0.2, 0) is 0 Å². The van der Waals surface area contributed by atoms with E-state index in [1.54, 1.807) is 0 Å². The van der Waals surface area contributed by atoms with E-state index in [1.807, 2.05) is 0 Å². The Morgan fingerprint density at radius 3 is 1.86 bits per heavy atom. The third kappa shape index (κ3) is 7.37. The van der Waals surface area contributed by atoms with Gasteiger partial charge in [-0.1, -0.05) is 59.3 Å². The minimum absolute atomic E-state index is 0.356. The molecule has 0 bridgehead atoms. The van der Waals surface area contributed by atoms with Crippen molar-refractivity contribution >= 4 is 0 Å². The number of aliphatic hydroxyl groups excluding tert-OH is 1. The van der Waals surface area contributed by atoms with Crippen molar-refractivity contribution in [3.05, 3.63) is 0 Å². The molecule has 1 atom stereocenters. The standard InChI is InChI=1S/C13H28O/c1-4-6-8-13(9-7-5-2)10-12(3)11-14/h12-14H,4-11H2,1-3H3. The average molecular weight is 200 g/mol. The van der Waals surface area contributed by atoms with Crippen molar-refractivity contribution in [3.8, 4) is 0 Å². The van der Waals surface area contributed by atoms with Crippen molar-refractivity contribution in [2.24, 2.45) is 11.8 Å². The van der Waals surface area contributed by atoms with E-state index in [-0.39, 0.29) is 0 Å². The molecule has 1 nitrogen and oxygen atoms in total. The van der Waals surface area contributed by atoms with Crippen LogP contribution in [0.4, 0.5) is 0 Å². The average Bonchev–Trinajstić information content (AvgIpc) is 2.21. The van der Waals surface area contributed by atoms with Crippen LogP contribution in [0.15, 0.2) is 0 Å². The molecular weight excluding hydrogens is 172 g/mol. The molecule has 0 aromatic heterocycles. The largest absolute Gasteiger partial charge is 0.396 e. The summed E-state index contributed by atoms with van der Waals surface area (Å²) in [5, 5.41) is 9.03. The zero-order chi connectivity index (χ0) is 10.8. The van der Waals surface area contributed by atoms with Gasteiger partial charge in [0.1, 0.15) is 0 Å². The second kappa shape index (κ2) is 9.51. The fraction of sp³-hybridized carbons (Fsp3) is 1.00. The first-order valence-electron chi connectivity index (χ1n) is 6.35. The van der Waals surface area contributed by atoms with E-state index < -0.39 is 0 Å². The van der Waals surface area contributed by atoms with Crippen molar-refractivity contribution in [1.29, 1.82) is 0 Å². The highest BCUT2D eigenvalue weighted by molar-refractivity contribution is 4.63. The maximum atomic E-state index is 9.03. The van der Waals surface area contributed by atoms with Gasteiger partial charge in [0.2, 0.25) is 0 Å². The van der Waals surface area contributed by atoms with Crippen molar-refractivity contribution in [2.45, 2.75) is 65.7 Å². The lowest BCUT2D eigenvalue weighted by Gasteiger charge is -2.19. The Bertz CT molecular complexity index is 104. The van der Waals surface area contributed by atoms with Gasteiger partial charge in [-0.25, -0.2) is 0 Å². The van der Waals surface area contributed by atoms with Crippen molar-refractivity contribution < 1.29 is 5.11 Å². The second-order valence-corrected chi connectivity index (χ2v) is 4.67. The summed E-state index contributed by atoms with van der Waals surface area (Å²) in [6, 6.07) is 0. The van der Waals surface area contributed by atoms with E-state index in [4.69, 9.17) is 5.11 Å². The summed E-state index contributed by atoms with van der Waals surface area (Å²) in [7, 11) is 0. The molecular formula is C13H28O. The van der Waals surface area contributed by atoms with E-state index in [0.29, 0.717) is 12.5 Å². The Kier molecular flexibility index (Phi) is 9.49. The molecule has 86 valence electrons. The number of hydrogen-bond acceptors (Lipinski definition) is 1. The molecule has 0 aliphatic carbocycles. The molecule has 14 heavy (non-hydrogen) atoms. The van der Waals surface area contributed by atoms with Crippen molar-refractivity contribution in [2.75, 3.05) is 6.61 Å². The first-order valence-corrected chi connectivity index (χ1v) is 6.35. The van der Waals surface area contributed by atoms with E-state index in [0.717, 1.165) is 5.92 Å². The molecule has 0 aromatic carbocycles. The van der Waals surface area contributed by atoms with Crippen LogP contribution in [0.3, 0.4) is 0 Å². The first kappa shape index (κ1) is 14.0.